The maximum absolute atomic E-state index is 14.4. The van der Waals surface area contributed by atoms with E-state index in [4.69, 9.17) is 4.74 Å². The second-order valence-corrected chi connectivity index (χ2v) is 15.0. The van der Waals surface area contributed by atoms with Crippen molar-refractivity contribution in [2.45, 2.75) is 49.6 Å². The number of benzene rings is 3. The van der Waals surface area contributed by atoms with Crippen LogP contribution >= 0.6 is 20.7 Å². The molecule has 3 aliphatic rings. The Kier molecular flexibility index (Phi) is 10.8. The van der Waals surface area contributed by atoms with Crippen LogP contribution in [-0.2, 0) is 29.1 Å². The van der Waals surface area contributed by atoms with Gasteiger partial charge < -0.3 is 29.9 Å². The van der Waals surface area contributed by atoms with Gasteiger partial charge in [-0.2, -0.15) is 0 Å². The van der Waals surface area contributed by atoms with Crippen molar-refractivity contribution < 1.29 is 24.2 Å². The molecule has 12 heteroatoms. The molecule has 0 radical (unpaired) electrons. The molecular formula is C37H43IN6O5. The molecular weight excluding hydrogens is 735 g/mol. The number of urea groups is 1. The number of hydrazine groups is 1. The summed E-state index contributed by atoms with van der Waals surface area (Å²) < 4.78 is 10.6. The lowest BCUT2D eigenvalue weighted by Gasteiger charge is -2.55. The first-order valence-corrected chi connectivity index (χ1v) is 19.3. The number of carbonyl (C=O) groups is 3. The molecule has 2 saturated heterocycles. The van der Waals surface area contributed by atoms with Gasteiger partial charge in [0.05, 0.1) is 29.4 Å². The Morgan fingerprint density at radius 3 is 2.57 bits per heavy atom. The SMILES string of the molecule is C=IC(C)N1CCOc2cc(CN3C[C@H]4N(C(=O)CN(C/C=C\C)N4C(=O)NCc4ccccc4)[C@@H](Cc4ccc(O)cc4)C3=O)ccc21. The number of ether oxygens (including phenoxy) is 1. The number of phenols is 1. The lowest BCUT2D eigenvalue weighted by molar-refractivity contribution is -0.189. The van der Waals surface area contributed by atoms with Crippen LogP contribution < -0.4 is 15.0 Å². The molecule has 0 saturated carbocycles. The third kappa shape index (κ3) is 7.59. The fourth-order valence-electron chi connectivity index (χ4n) is 6.69. The van der Waals surface area contributed by atoms with E-state index >= 15 is 0 Å². The van der Waals surface area contributed by atoms with E-state index in [-0.39, 0.29) is 70.4 Å². The number of piperazine rings is 1. The first kappa shape index (κ1) is 34.4. The molecule has 1 unspecified atom stereocenters. The van der Waals surface area contributed by atoms with Gasteiger partial charge in [0.1, 0.15) is 30.3 Å². The standard InChI is InChI=1S/C37H43IN6O5/c1-4-5-17-41-25-35(46)43-32(20-27-11-14-30(45)15-12-27)36(47)40(24-34(43)44(41)37(48)39-22-28-9-7-6-8-10-28)23-29-13-16-31-33(21-29)49-19-18-42(31)26(2)38-3/h4-16,21,26,32,34,45H,3,17-20,22-25H2,1-2H3,(H,39,48)/b5-4-/t26?,32-,34-/m0/s1. The first-order valence-electron chi connectivity index (χ1n) is 16.5. The van der Waals surface area contributed by atoms with Crippen LogP contribution in [0.3, 0.4) is 0 Å². The number of nitrogens with zero attached hydrogens (tertiary/aromatic N) is 5. The molecule has 4 amide bonds. The van der Waals surface area contributed by atoms with Crippen molar-refractivity contribution in [3.05, 3.63) is 102 Å². The smallest absolute Gasteiger partial charge is 0.334 e. The molecule has 2 N–H and O–H groups in total. The fourth-order valence-corrected chi connectivity index (χ4v) is 7.74. The highest BCUT2D eigenvalue weighted by Gasteiger charge is 2.51. The third-order valence-electron chi connectivity index (χ3n) is 9.19. The molecule has 3 aromatic rings. The molecule has 3 aromatic carbocycles. The Balaban J connectivity index is 1.34. The van der Waals surface area contributed by atoms with Crippen LogP contribution in [0.4, 0.5) is 10.5 Å². The third-order valence-corrected chi connectivity index (χ3v) is 11.1. The highest BCUT2D eigenvalue weighted by molar-refractivity contribution is 14.2. The lowest BCUT2D eigenvalue weighted by atomic mass is 9.98. The van der Waals surface area contributed by atoms with Crippen molar-refractivity contribution in [1.82, 2.24) is 25.1 Å². The highest BCUT2D eigenvalue weighted by Crippen LogP contribution is 2.37. The molecule has 6 rings (SSSR count). The largest absolute Gasteiger partial charge is 0.508 e. The number of hydrogen-bond acceptors (Lipinski definition) is 7. The van der Waals surface area contributed by atoms with Crippen LogP contribution in [0.2, 0.25) is 0 Å². The zero-order valence-electron chi connectivity index (χ0n) is 27.9. The summed E-state index contributed by atoms with van der Waals surface area (Å²) in [6.07, 6.45) is 3.29. The van der Waals surface area contributed by atoms with Gasteiger partial charge in [-0.05, 0) is 54.8 Å². The fraction of sp³-hybridized carbons (Fsp3) is 0.351. The number of anilines is 1. The van der Waals surface area contributed by atoms with E-state index in [1.807, 2.05) is 61.5 Å². The second kappa shape index (κ2) is 15.4. The first-order chi connectivity index (χ1) is 23.8. The van der Waals surface area contributed by atoms with Gasteiger partial charge in [0.25, 0.3) is 0 Å². The maximum Gasteiger partial charge on any atom is 0.334 e. The van der Waals surface area contributed by atoms with E-state index in [1.54, 1.807) is 44.1 Å². The quantitative estimate of drug-likeness (QED) is 0.136. The number of alkyl halides is 1. The Morgan fingerprint density at radius 1 is 1.08 bits per heavy atom. The summed E-state index contributed by atoms with van der Waals surface area (Å²) in [5, 5.41) is 16.3. The van der Waals surface area contributed by atoms with Gasteiger partial charge in [0.15, 0.2) is 0 Å². The monoisotopic (exact) mass is 778 g/mol. The number of amides is 4. The van der Waals surface area contributed by atoms with Crippen molar-refractivity contribution in [3.8, 4) is 11.5 Å². The number of hydrogen-bond donors (Lipinski definition) is 2. The van der Waals surface area contributed by atoms with Gasteiger partial charge in [-0.15, -0.1) is 20.7 Å². The van der Waals surface area contributed by atoms with E-state index in [0.717, 1.165) is 34.7 Å². The topological polar surface area (TPSA) is 109 Å². The van der Waals surface area contributed by atoms with E-state index in [2.05, 4.69) is 27.7 Å². The average molecular weight is 779 g/mol. The van der Waals surface area contributed by atoms with Gasteiger partial charge in [-0.3, -0.25) is 9.59 Å². The van der Waals surface area contributed by atoms with Crippen LogP contribution in [0, 0.1) is 0 Å². The number of phenolic OH excluding ortho intramolecular Hbond substituents is 1. The summed E-state index contributed by atoms with van der Waals surface area (Å²) in [4.78, 5) is 48.1. The number of fused-ring (bicyclic) bond motifs is 2. The zero-order chi connectivity index (χ0) is 34.5. The van der Waals surface area contributed by atoms with E-state index in [9.17, 15) is 19.5 Å². The molecule has 0 aliphatic carbocycles. The molecule has 0 bridgehead atoms. The van der Waals surface area contributed by atoms with Crippen LogP contribution in [0.1, 0.15) is 30.5 Å². The Bertz CT molecular complexity index is 1700. The number of aromatic hydroxyl groups is 1. The van der Waals surface area contributed by atoms with Crippen LogP contribution in [-0.4, -0.2) is 96.3 Å². The van der Waals surface area contributed by atoms with Gasteiger partial charge in [0, 0.05) is 26.1 Å². The van der Waals surface area contributed by atoms with Gasteiger partial charge in [-0.1, -0.05) is 65.2 Å². The van der Waals surface area contributed by atoms with E-state index in [1.165, 1.54) is 0 Å². The number of rotatable bonds is 10. The normalized spacial score (nSPS) is 20.2. The Labute approximate surface area is 297 Å². The van der Waals surface area contributed by atoms with Crippen LogP contribution in [0.25, 0.3) is 0 Å². The van der Waals surface area contributed by atoms with E-state index < -0.39 is 12.2 Å². The maximum atomic E-state index is 14.4. The summed E-state index contributed by atoms with van der Waals surface area (Å²) in [6, 6.07) is 21.2. The molecule has 49 heavy (non-hydrogen) atoms. The molecule has 3 heterocycles. The average Bonchev–Trinajstić information content (AvgIpc) is 3.12. The highest BCUT2D eigenvalue weighted by atomic mass is 127. The van der Waals surface area contributed by atoms with Gasteiger partial charge >= 0.3 is 6.03 Å². The van der Waals surface area contributed by atoms with Crippen molar-refractivity contribution in [1.29, 1.82) is 0 Å². The Morgan fingerprint density at radius 2 is 1.84 bits per heavy atom. The number of halogens is 1. The minimum atomic E-state index is -0.852. The zero-order valence-corrected chi connectivity index (χ0v) is 30.0. The molecule has 3 aliphatic heterocycles. The summed E-state index contributed by atoms with van der Waals surface area (Å²) >= 11 is -0.235. The molecule has 0 aromatic heterocycles. The summed E-state index contributed by atoms with van der Waals surface area (Å²) in [5.41, 5.74) is 3.68. The number of allylic oxidation sites excluding steroid dienone is 1. The lowest BCUT2D eigenvalue weighted by Crippen LogP contribution is -2.76. The second-order valence-electron chi connectivity index (χ2n) is 12.4. The number of nitrogens with one attached hydrogen (secondary N) is 1. The molecule has 11 nitrogen and oxygen atoms in total. The molecule has 2 fully saturated rings. The van der Waals surface area contributed by atoms with E-state index in [0.29, 0.717) is 23.7 Å². The van der Waals surface area contributed by atoms with Crippen molar-refractivity contribution >= 4 is 48.8 Å². The van der Waals surface area contributed by atoms with Crippen molar-refractivity contribution in [2.75, 3.05) is 37.7 Å². The predicted molar refractivity (Wildman–Crippen MR) is 198 cm³/mol. The van der Waals surface area contributed by atoms with Crippen molar-refractivity contribution in [3.63, 3.8) is 0 Å². The van der Waals surface area contributed by atoms with Gasteiger partial charge in [-0.25, -0.2) is 14.8 Å². The minimum absolute atomic E-state index is 0.0500. The van der Waals surface area contributed by atoms with Gasteiger partial charge in [0.2, 0.25) is 11.8 Å². The Hall–Kier alpha value is -4.43. The summed E-state index contributed by atoms with van der Waals surface area (Å²) in [6.45, 7) is 6.52. The van der Waals surface area contributed by atoms with Crippen LogP contribution in [0.15, 0.2) is 84.9 Å². The molecule has 258 valence electrons. The minimum Gasteiger partial charge on any atom is -0.508 e. The number of carbonyl (C=O) groups excluding carboxylic acids is 3. The predicted octanol–water partition coefficient (Wildman–Crippen LogP) is 4.47. The molecule has 0 spiro atoms. The van der Waals surface area contributed by atoms with Crippen molar-refractivity contribution in [2.24, 2.45) is 0 Å². The summed E-state index contributed by atoms with van der Waals surface area (Å²) in [7, 11) is 0. The summed E-state index contributed by atoms with van der Waals surface area (Å²) in [5.74, 6) is 0.489. The van der Waals surface area contributed by atoms with Crippen LogP contribution in [0.5, 0.6) is 11.5 Å². The molecule has 3 atom stereocenters.